The lowest BCUT2D eigenvalue weighted by Crippen LogP contribution is -2.38. The molecule has 2 amide bonds. The average Bonchev–Trinajstić information content (AvgIpc) is 2.99. The number of nitrogens with one attached hydrogen (secondary N) is 2. The first kappa shape index (κ1) is 17.7. The van der Waals surface area contributed by atoms with Crippen molar-refractivity contribution >= 4 is 6.03 Å². The predicted molar refractivity (Wildman–Crippen MR) is 91.4 cm³/mol. The summed E-state index contributed by atoms with van der Waals surface area (Å²) in [7, 11) is 5.05. The fourth-order valence-corrected chi connectivity index (χ4v) is 2.37. The summed E-state index contributed by atoms with van der Waals surface area (Å²) in [6.45, 7) is 2.47. The Morgan fingerprint density at radius 1 is 1.29 bits per heavy atom. The summed E-state index contributed by atoms with van der Waals surface area (Å²) in [5, 5.41) is 9.86. The van der Waals surface area contributed by atoms with Gasteiger partial charge in [-0.25, -0.2) is 4.79 Å². The number of carbonyl (C=O) groups excluding carboxylic acids is 1. The van der Waals surface area contributed by atoms with Gasteiger partial charge in [-0.05, 0) is 36.6 Å². The van der Waals surface area contributed by atoms with Crippen LogP contribution in [0, 0.1) is 0 Å². The molecule has 2 aromatic rings. The second-order valence-electron chi connectivity index (χ2n) is 5.51. The summed E-state index contributed by atoms with van der Waals surface area (Å²) in [6, 6.07) is 5.23. The van der Waals surface area contributed by atoms with E-state index in [4.69, 9.17) is 9.47 Å². The van der Waals surface area contributed by atoms with E-state index in [0.717, 1.165) is 17.5 Å². The SMILES string of the molecule is COc1ccc([C@H](C)NC(=O)NCCc2cnn(C)c2)cc1OC. The third-order valence-corrected chi connectivity index (χ3v) is 3.71. The highest BCUT2D eigenvalue weighted by atomic mass is 16.5. The Morgan fingerprint density at radius 2 is 2.04 bits per heavy atom. The molecule has 0 spiro atoms. The van der Waals surface area contributed by atoms with Gasteiger partial charge >= 0.3 is 6.03 Å². The van der Waals surface area contributed by atoms with Gasteiger partial charge in [0, 0.05) is 19.8 Å². The van der Waals surface area contributed by atoms with Crippen LogP contribution in [0.4, 0.5) is 4.79 Å². The molecular formula is C17H24N4O3. The minimum Gasteiger partial charge on any atom is -0.493 e. The number of urea groups is 1. The quantitative estimate of drug-likeness (QED) is 0.813. The molecule has 130 valence electrons. The normalized spacial score (nSPS) is 11.7. The molecule has 2 N–H and O–H groups in total. The van der Waals surface area contributed by atoms with Crippen LogP contribution in [0.1, 0.15) is 24.1 Å². The van der Waals surface area contributed by atoms with E-state index in [1.54, 1.807) is 25.1 Å². The molecule has 2 rings (SSSR count). The summed E-state index contributed by atoms with van der Waals surface area (Å²) in [5.74, 6) is 1.30. The molecule has 1 atom stereocenters. The van der Waals surface area contributed by atoms with Crippen LogP contribution in [-0.4, -0.2) is 36.6 Å². The number of carbonyl (C=O) groups is 1. The maximum atomic E-state index is 12.0. The lowest BCUT2D eigenvalue weighted by Gasteiger charge is -2.17. The highest BCUT2D eigenvalue weighted by Crippen LogP contribution is 2.29. The Labute approximate surface area is 142 Å². The number of aryl methyl sites for hydroxylation is 1. The first-order valence-electron chi connectivity index (χ1n) is 7.77. The van der Waals surface area contributed by atoms with Gasteiger partial charge in [-0.1, -0.05) is 6.07 Å². The van der Waals surface area contributed by atoms with Gasteiger partial charge < -0.3 is 20.1 Å². The van der Waals surface area contributed by atoms with Crippen molar-refractivity contribution in [1.82, 2.24) is 20.4 Å². The molecule has 0 saturated carbocycles. The summed E-state index contributed by atoms with van der Waals surface area (Å²) >= 11 is 0. The highest BCUT2D eigenvalue weighted by Gasteiger charge is 2.12. The summed E-state index contributed by atoms with van der Waals surface area (Å²) in [4.78, 5) is 12.0. The lowest BCUT2D eigenvalue weighted by atomic mass is 10.1. The Kier molecular flexibility index (Phi) is 6.06. The van der Waals surface area contributed by atoms with E-state index < -0.39 is 0 Å². The lowest BCUT2D eigenvalue weighted by molar-refractivity contribution is 0.238. The summed E-state index contributed by atoms with van der Waals surface area (Å²) < 4.78 is 12.2. The molecule has 0 saturated heterocycles. The van der Waals surface area contributed by atoms with Crippen molar-refractivity contribution in [3.05, 3.63) is 41.7 Å². The standard InChI is InChI=1S/C17H24N4O3/c1-12(14-5-6-15(23-3)16(9-14)24-4)20-17(22)18-8-7-13-10-19-21(2)11-13/h5-6,9-12H,7-8H2,1-4H3,(H2,18,20,22)/t12-/m0/s1. The molecule has 0 aliphatic heterocycles. The fourth-order valence-electron chi connectivity index (χ4n) is 2.37. The second-order valence-corrected chi connectivity index (χ2v) is 5.51. The number of methoxy groups -OCH3 is 2. The molecule has 0 unspecified atom stereocenters. The number of ether oxygens (including phenoxy) is 2. The van der Waals surface area contributed by atoms with Gasteiger partial charge in [0.2, 0.25) is 0 Å². The van der Waals surface area contributed by atoms with E-state index in [0.29, 0.717) is 18.0 Å². The van der Waals surface area contributed by atoms with Gasteiger partial charge in [-0.2, -0.15) is 5.10 Å². The average molecular weight is 332 g/mol. The van der Waals surface area contributed by atoms with Gasteiger partial charge in [0.25, 0.3) is 0 Å². The topological polar surface area (TPSA) is 77.4 Å². The minimum absolute atomic E-state index is 0.150. The maximum Gasteiger partial charge on any atom is 0.315 e. The molecule has 0 fully saturated rings. The first-order valence-corrected chi connectivity index (χ1v) is 7.77. The van der Waals surface area contributed by atoms with Crippen molar-refractivity contribution < 1.29 is 14.3 Å². The largest absolute Gasteiger partial charge is 0.493 e. The number of nitrogens with zero attached hydrogens (tertiary/aromatic N) is 2. The van der Waals surface area contributed by atoms with E-state index in [-0.39, 0.29) is 12.1 Å². The van der Waals surface area contributed by atoms with Crippen molar-refractivity contribution in [1.29, 1.82) is 0 Å². The van der Waals surface area contributed by atoms with Gasteiger partial charge in [0.15, 0.2) is 11.5 Å². The fraction of sp³-hybridized carbons (Fsp3) is 0.412. The first-order chi connectivity index (χ1) is 11.5. The zero-order valence-corrected chi connectivity index (χ0v) is 14.5. The maximum absolute atomic E-state index is 12.0. The van der Waals surface area contributed by atoms with E-state index in [1.165, 1.54) is 0 Å². The van der Waals surface area contributed by atoms with Crippen LogP contribution in [0.3, 0.4) is 0 Å². The zero-order chi connectivity index (χ0) is 17.5. The Balaban J connectivity index is 1.84. The van der Waals surface area contributed by atoms with Gasteiger partial charge in [-0.3, -0.25) is 4.68 Å². The zero-order valence-electron chi connectivity index (χ0n) is 14.5. The second kappa shape index (κ2) is 8.24. The van der Waals surface area contributed by atoms with Crippen LogP contribution in [0.2, 0.25) is 0 Å². The van der Waals surface area contributed by atoms with Crippen molar-refractivity contribution in [3.63, 3.8) is 0 Å². The van der Waals surface area contributed by atoms with Crippen molar-refractivity contribution in [2.24, 2.45) is 7.05 Å². The molecule has 0 aliphatic carbocycles. The number of hydrogen-bond donors (Lipinski definition) is 2. The Hall–Kier alpha value is -2.70. The molecular weight excluding hydrogens is 308 g/mol. The van der Waals surface area contributed by atoms with Gasteiger partial charge in [0.1, 0.15) is 0 Å². The van der Waals surface area contributed by atoms with Crippen molar-refractivity contribution in [2.75, 3.05) is 20.8 Å². The number of amides is 2. The molecule has 0 radical (unpaired) electrons. The van der Waals surface area contributed by atoms with Crippen molar-refractivity contribution in [2.45, 2.75) is 19.4 Å². The predicted octanol–water partition coefficient (Wildman–Crippen LogP) is 2.04. The molecule has 0 bridgehead atoms. The number of rotatable bonds is 7. The Bertz CT molecular complexity index is 684. The molecule has 7 nitrogen and oxygen atoms in total. The highest BCUT2D eigenvalue weighted by molar-refractivity contribution is 5.74. The number of aromatic nitrogens is 2. The molecule has 0 aliphatic rings. The molecule has 24 heavy (non-hydrogen) atoms. The Morgan fingerprint density at radius 3 is 2.67 bits per heavy atom. The van der Waals surface area contributed by atoms with Crippen LogP contribution in [0.25, 0.3) is 0 Å². The van der Waals surface area contributed by atoms with Crippen LogP contribution < -0.4 is 20.1 Å². The van der Waals surface area contributed by atoms with E-state index in [9.17, 15) is 4.79 Å². The smallest absolute Gasteiger partial charge is 0.315 e. The van der Waals surface area contributed by atoms with E-state index >= 15 is 0 Å². The van der Waals surface area contributed by atoms with Crippen LogP contribution in [-0.2, 0) is 13.5 Å². The third-order valence-electron chi connectivity index (χ3n) is 3.71. The van der Waals surface area contributed by atoms with Crippen LogP contribution in [0.5, 0.6) is 11.5 Å². The van der Waals surface area contributed by atoms with Gasteiger partial charge in [0.05, 0.1) is 26.5 Å². The summed E-state index contributed by atoms with van der Waals surface area (Å²) in [6.07, 6.45) is 4.48. The van der Waals surface area contributed by atoms with Gasteiger partial charge in [-0.15, -0.1) is 0 Å². The van der Waals surface area contributed by atoms with Crippen LogP contribution >= 0.6 is 0 Å². The molecule has 1 aromatic heterocycles. The minimum atomic E-state index is -0.207. The van der Waals surface area contributed by atoms with Crippen molar-refractivity contribution in [3.8, 4) is 11.5 Å². The number of benzene rings is 1. The van der Waals surface area contributed by atoms with Crippen LogP contribution in [0.15, 0.2) is 30.6 Å². The molecule has 1 aromatic carbocycles. The summed E-state index contributed by atoms with van der Waals surface area (Å²) in [5.41, 5.74) is 2.03. The third kappa shape index (κ3) is 4.65. The monoisotopic (exact) mass is 332 g/mol. The van der Waals surface area contributed by atoms with E-state index in [2.05, 4.69) is 15.7 Å². The molecule has 1 heterocycles. The number of hydrogen-bond acceptors (Lipinski definition) is 4. The van der Waals surface area contributed by atoms with E-state index in [1.807, 2.05) is 38.4 Å². The molecule has 7 heteroatoms.